The van der Waals surface area contributed by atoms with Crippen LogP contribution in [-0.2, 0) is 20.3 Å². The van der Waals surface area contributed by atoms with E-state index in [0.29, 0.717) is 17.3 Å². The Morgan fingerprint density at radius 3 is 2.52 bits per heavy atom. The van der Waals surface area contributed by atoms with Gasteiger partial charge in [0.2, 0.25) is 0 Å². The van der Waals surface area contributed by atoms with Crippen molar-refractivity contribution in [2.24, 2.45) is 0 Å². The van der Waals surface area contributed by atoms with Crippen LogP contribution in [0.2, 0.25) is 0 Å². The molecule has 0 bridgehead atoms. The maximum absolute atomic E-state index is 12.0. The van der Waals surface area contributed by atoms with Crippen LogP contribution in [0.15, 0.2) is 18.2 Å². The van der Waals surface area contributed by atoms with Crippen LogP contribution in [0.4, 0.5) is 0 Å². The van der Waals surface area contributed by atoms with Gasteiger partial charge in [0.15, 0.2) is 11.5 Å². The van der Waals surface area contributed by atoms with Gasteiger partial charge >= 0.3 is 5.97 Å². The molecule has 1 fully saturated rings. The summed E-state index contributed by atoms with van der Waals surface area (Å²) in [4.78, 5) is 11.6. The van der Waals surface area contributed by atoms with Crippen LogP contribution in [0.25, 0.3) is 0 Å². The first-order valence-electron chi connectivity index (χ1n) is 6.49. The van der Waals surface area contributed by atoms with Gasteiger partial charge < -0.3 is 14.2 Å². The molecule has 1 N–H and O–H groups in total. The standard InChI is InChI=1S/C14H19NO5S/c1-18-12-5-4-9(6-13(12)19-2)10-7-21(17)8-11(15-10)14(16)20-3/h4-6,10-11,15H,7-8H2,1-3H3. The molecule has 0 saturated carbocycles. The van der Waals surface area contributed by atoms with Crippen molar-refractivity contribution in [3.8, 4) is 11.5 Å². The van der Waals surface area contributed by atoms with Crippen molar-refractivity contribution < 1.29 is 23.2 Å². The summed E-state index contributed by atoms with van der Waals surface area (Å²) in [6.45, 7) is 0. The Balaban J connectivity index is 2.24. The predicted molar refractivity (Wildman–Crippen MR) is 79.1 cm³/mol. The van der Waals surface area contributed by atoms with Gasteiger partial charge in [0, 0.05) is 28.3 Å². The van der Waals surface area contributed by atoms with Crippen LogP contribution in [0.5, 0.6) is 11.5 Å². The van der Waals surface area contributed by atoms with E-state index in [9.17, 15) is 9.00 Å². The molecule has 21 heavy (non-hydrogen) atoms. The highest BCUT2D eigenvalue weighted by atomic mass is 32.2. The van der Waals surface area contributed by atoms with E-state index in [4.69, 9.17) is 14.2 Å². The highest BCUT2D eigenvalue weighted by Gasteiger charge is 2.32. The molecule has 1 aromatic carbocycles. The van der Waals surface area contributed by atoms with Gasteiger partial charge in [-0.25, -0.2) is 0 Å². The molecule has 1 saturated heterocycles. The summed E-state index contributed by atoms with van der Waals surface area (Å²) in [7, 11) is 3.38. The van der Waals surface area contributed by atoms with E-state index in [2.05, 4.69) is 5.32 Å². The summed E-state index contributed by atoms with van der Waals surface area (Å²) in [6, 6.07) is 4.75. The van der Waals surface area contributed by atoms with Gasteiger partial charge in [0.1, 0.15) is 6.04 Å². The molecule has 2 rings (SSSR count). The normalized spacial score (nSPS) is 25.2. The summed E-state index contributed by atoms with van der Waals surface area (Å²) in [5.74, 6) is 1.55. The van der Waals surface area contributed by atoms with E-state index in [0.717, 1.165) is 5.56 Å². The fourth-order valence-electron chi connectivity index (χ4n) is 2.32. The maximum Gasteiger partial charge on any atom is 0.323 e. The van der Waals surface area contributed by atoms with Gasteiger partial charge in [-0.2, -0.15) is 0 Å². The van der Waals surface area contributed by atoms with Crippen molar-refractivity contribution in [3.63, 3.8) is 0 Å². The highest BCUT2D eigenvalue weighted by molar-refractivity contribution is 7.85. The lowest BCUT2D eigenvalue weighted by molar-refractivity contribution is -0.142. The molecule has 3 atom stereocenters. The van der Waals surface area contributed by atoms with Crippen LogP contribution < -0.4 is 14.8 Å². The zero-order chi connectivity index (χ0) is 15.4. The first-order valence-corrected chi connectivity index (χ1v) is 7.98. The molecule has 0 aliphatic carbocycles. The molecule has 0 spiro atoms. The molecule has 7 heteroatoms. The van der Waals surface area contributed by atoms with Crippen molar-refractivity contribution in [2.75, 3.05) is 32.8 Å². The molecule has 1 aromatic rings. The first-order chi connectivity index (χ1) is 10.1. The predicted octanol–water partition coefficient (Wildman–Crippen LogP) is 0.638. The third-order valence-electron chi connectivity index (χ3n) is 3.40. The molecule has 1 aliphatic heterocycles. The largest absolute Gasteiger partial charge is 0.493 e. The van der Waals surface area contributed by atoms with E-state index in [1.807, 2.05) is 12.1 Å². The number of hydrogen-bond donors (Lipinski definition) is 1. The topological polar surface area (TPSA) is 73.9 Å². The molecule has 6 nitrogen and oxygen atoms in total. The van der Waals surface area contributed by atoms with E-state index in [1.54, 1.807) is 20.3 Å². The van der Waals surface area contributed by atoms with Crippen LogP contribution in [0.1, 0.15) is 11.6 Å². The number of carbonyl (C=O) groups excluding carboxylic acids is 1. The maximum atomic E-state index is 12.0. The second-order valence-corrected chi connectivity index (χ2v) is 6.23. The van der Waals surface area contributed by atoms with Crippen LogP contribution in [-0.4, -0.2) is 49.1 Å². The Morgan fingerprint density at radius 1 is 1.19 bits per heavy atom. The smallest absolute Gasteiger partial charge is 0.323 e. The molecule has 1 aliphatic rings. The molecule has 3 unspecified atom stereocenters. The van der Waals surface area contributed by atoms with Crippen molar-refractivity contribution in [1.29, 1.82) is 0 Å². The quantitative estimate of drug-likeness (QED) is 0.822. The fourth-order valence-corrected chi connectivity index (χ4v) is 3.72. The second-order valence-electron chi connectivity index (χ2n) is 4.68. The number of rotatable bonds is 4. The molecule has 116 valence electrons. The number of carbonyl (C=O) groups is 1. The number of hydrogen-bond acceptors (Lipinski definition) is 6. The third-order valence-corrected chi connectivity index (χ3v) is 4.81. The average molecular weight is 313 g/mol. The van der Waals surface area contributed by atoms with E-state index < -0.39 is 22.8 Å². The summed E-state index contributed by atoms with van der Waals surface area (Å²) in [5.41, 5.74) is 0.898. The zero-order valence-electron chi connectivity index (χ0n) is 12.3. The van der Waals surface area contributed by atoms with Gasteiger partial charge in [-0.15, -0.1) is 0 Å². The lowest BCUT2D eigenvalue weighted by Gasteiger charge is -2.29. The number of ether oxygens (including phenoxy) is 3. The monoisotopic (exact) mass is 313 g/mol. The Kier molecular flexibility index (Phi) is 5.19. The van der Waals surface area contributed by atoms with Gasteiger partial charge in [-0.05, 0) is 17.7 Å². The summed E-state index contributed by atoms with van der Waals surface area (Å²) < 4.78 is 27.2. The van der Waals surface area contributed by atoms with Crippen LogP contribution >= 0.6 is 0 Å². The Labute approximate surface area is 126 Å². The van der Waals surface area contributed by atoms with Crippen LogP contribution in [0.3, 0.4) is 0 Å². The minimum Gasteiger partial charge on any atom is -0.493 e. The molecular weight excluding hydrogens is 294 g/mol. The summed E-state index contributed by atoms with van der Waals surface area (Å²) in [5, 5.41) is 3.18. The van der Waals surface area contributed by atoms with E-state index in [1.165, 1.54) is 7.11 Å². The molecule has 0 amide bonds. The minimum absolute atomic E-state index is 0.191. The molecular formula is C14H19NO5S. The molecule has 0 aromatic heterocycles. The van der Waals surface area contributed by atoms with Crippen molar-refractivity contribution in [2.45, 2.75) is 12.1 Å². The van der Waals surface area contributed by atoms with E-state index >= 15 is 0 Å². The summed E-state index contributed by atoms with van der Waals surface area (Å²) in [6.07, 6.45) is 0. The van der Waals surface area contributed by atoms with Crippen molar-refractivity contribution >= 4 is 16.8 Å². The number of nitrogens with one attached hydrogen (secondary N) is 1. The lowest BCUT2D eigenvalue weighted by atomic mass is 10.1. The average Bonchev–Trinajstić information content (AvgIpc) is 2.52. The zero-order valence-corrected chi connectivity index (χ0v) is 13.1. The van der Waals surface area contributed by atoms with E-state index in [-0.39, 0.29) is 11.8 Å². The summed E-state index contributed by atoms with van der Waals surface area (Å²) >= 11 is 0. The van der Waals surface area contributed by atoms with Gasteiger partial charge in [-0.3, -0.25) is 14.3 Å². The van der Waals surface area contributed by atoms with Gasteiger partial charge in [0.25, 0.3) is 0 Å². The van der Waals surface area contributed by atoms with Crippen molar-refractivity contribution in [1.82, 2.24) is 5.32 Å². The second kappa shape index (κ2) is 6.91. The van der Waals surface area contributed by atoms with Gasteiger partial charge in [0.05, 0.1) is 21.3 Å². The lowest BCUT2D eigenvalue weighted by Crippen LogP contribution is -2.49. The highest BCUT2D eigenvalue weighted by Crippen LogP contribution is 2.31. The van der Waals surface area contributed by atoms with Crippen molar-refractivity contribution in [3.05, 3.63) is 23.8 Å². The molecule has 0 radical (unpaired) electrons. The minimum atomic E-state index is -1.07. The fraction of sp³-hybridized carbons (Fsp3) is 0.500. The Bertz CT molecular complexity index is 548. The third kappa shape index (κ3) is 3.54. The Morgan fingerprint density at radius 2 is 1.90 bits per heavy atom. The molecule has 1 heterocycles. The Hall–Kier alpha value is -1.60. The van der Waals surface area contributed by atoms with Crippen LogP contribution in [0, 0.1) is 0 Å². The number of methoxy groups -OCH3 is 3. The van der Waals surface area contributed by atoms with Gasteiger partial charge in [-0.1, -0.05) is 6.07 Å². The number of benzene rings is 1. The first kappa shape index (κ1) is 15.8. The SMILES string of the molecule is COC(=O)C1CS(=O)CC(c2ccc(OC)c(OC)c2)N1. The number of esters is 1.